The number of carboxylic acids is 1. The third-order valence-corrected chi connectivity index (χ3v) is 5.41. The number of amides is 1. The van der Waals surface area contributed by atoms with Gasteiger partial charge in [0.25, 0.3) is 5.91 Å². The molecule has 1 aliphatic rings. The Balaban J connectivity index is 1.98. The van der Waals surface area contributed by atoms with Gasteiger partial charge in [-0.25, -0.2) is 4.79 Å². The number of carbonyl (C=O) groups is 2. The highest BCUT2D eigenvalue weighted by molar-refractivity contribution is 5.99. The third kappa shape index (κ3) is 3.52. The maximum Gasteiger partial charge on any atom is 0.329 e. The molecule has 1 aromatic carbocycles. The second-order valence-electron chi connectivity index (χ2n) is 6.89. The van der Waals surface area contributed by atoms with Crippen LogP contribution in [0.2, 0.25) is 0 Å². The number of benzene rings is 1. The van der Waals surface area contributed by atoms with Crippen LogP contribution < -0.4 is 4.74 Å². The van der Waals surface area contributed by atoms with Crippen molar-refractivity contribution in [3.05, 3.63) is 48.2 Å². The Kier molecular flexibility index (Phi) is 5.44. The molecule has 0 unspecified atom stereocenters. The highest BCUT2D eigenvalue weighted by Crippen LogP contribution is 2.35. The number of hydrogen-bond donors (Lipinski definition) is 1. The van der Waals surface area contributed by atoms with Gasteiger partial charge < -0.3 is 14.7 Å². The molecule has 1 fully saturated rings. The number of likely N-dealkylation sites (N-methyl/N-ethyl adjacent to an activating group) is 1. The standard InChI is InChI=1S/C21H24N2O4/c1-23(21(20(25)26)11-5-3-6-12-21)19(24)15-9-10-18(27-2)16(14-15)17-8-4-7-13-22-17/h4,7-10,13-14H,3,5-6,11-12H2,1-2H3,(H,25,26). The van der Waals surface area contributed by atoms with Gasteiger partial charge in [0.15, 0.2) is 0 Å². The molecule has 0 aliphatic heterocycles. The molecular formula is C21H24N2O4. The zero-order valence-electron chi connectivity index (χ0n) is 15.6. The number of ether oxygens (including phenoxy) is 1. The van der Waals surface area contributed by atoms with E-state index in [1.165, 1.54) is 4.90 Å². The molecule has 0 saturated heterocycles. The molecular weight excluding hydrogens is 344 g/mol. The molecule has 1 saturated carbocycles. The fourth-order valence-electron chi connectivity index (χ4n) is 3.78. The van der Waals surface area contributed by atoms with Gasteiger partial charge in [-0.05, 0) is 43.2 Å². The van der Waals surface area contributed by atoms with Crippen LogP contribution in [0.15, 0.2) is 42.6 Å². The molecule has 6 heteroatoms. The summed E-state index contributed by atoms with van der Waals surface area (Å²) in [6.07, 6.45) is 5.26. The molecule has 6 nitrogen and oxygen atoms in total. The highest BCUT2D eigenvalue weighted by atomic mass is 16.5. The monoisotopic (exact) mass is 368 g/mol. The summed E-state index contributed by atoms with van der Waals surface area (Å²) in [5.41, 5.74) is 0.674. The first-order chi connectivity index (χ1) is 13.0. The van der Waals surface area contributed by atoms with Crippen molar-refractivity contribution >= 4 is 11.9 Å². The van der Waals surface area contributed by atoms with E-state index in [4.69, 9.17) is 4.74 Å². The lowest BCUT2D eigenvalue weighted by atomic mass is 9.80. The summed E-state index contributed by atoms with van der Waals surface area (Å²) in [5.74, 6) is -0.630. The minimum Gasteiger partial charge on any atom is -0.496 e. The summed E-state index contributed by atoms with van der Waals surface area (Å²) in [5, 5.41) is 9.85. The van der Waals surface area contributed by atoms with Gasteiger partial charge in [-0.3, -0.25) is 9.78 Å². The van der Waals surface area contributed by atoms with Gasteiger partial charge in [0.05, 0.1) is 12.8 Å². The second-order valence-corrected chi connectivity index (χ2v) is 6.89. The van der Waals surface area contributed by atoms with E-state index in [1.807, 2.05) is 18.2 Å². The molecule has 0 radical (unpaired) electrons. The van der Waals surface area contributed by atoms with Gasteiger partial charge in [0.2, 0.25) is 0 Å². The summed E-state index contributed by atoms with van der Waals surface area (Å²) < 4.78 is 5.41. The SMILES string of the molecule is COc1ccc(C(=O)N(C)C2(C(=O)O)CCCCC2)cc1-c1ccccn1. The Morgan fingerprint density at radius 1 is 1.15 bits per heavy atom. The molecule has 142 valence electrons. The van der Waals surface area contributed by atoms with Crippen LogP contribution in [0.5, 0.6) is 5.75 Å². The number of nitrogens with zero attached hydrogens (tertiary/aromatic N) is 2. The number of aliphatic carboxylic acids is 1. The lowest BCUT2D eigenvalue weighted by Gasteiger charge is -2.41. The van der Waals surface area contributed by atoms with Crippen LogP contribution in [0.4, 0.5) is 0 Å². The number of methoxy groups -OCH3 is 1. The number of rotatable bonds is 5. The van der Waals surface area contributed by atoms with Crippen molar-refractivity contribution in [2.45, 2.75) is 37.6 Å². The molecule has 1 heterocycles. The van der Waals surface area contributed by atoms with Crippen molar-refractivity contribution < 1.29 is 19.4 Å². The molecule has 0 bridgehead atoms. The minimum atomic E-state index is -1.14. The van der Waals surface area contributed by atoms with Crippen molar-refractivity contribution in [2.24, 2.45) is 0 Å². The summed E-state index contributed by atoms with van der Waals surface area (Å²) in [4.78, 5) is 30.9. The number of carboxylic acid groups (broad SMARTS) is 1. The number of pyridine rings is 1. The Bertz CT molecular complexity index is 829. The number of carbonyl (C=O) groups excluding carboxylic acids is 1. The van der Waals surface area contributed by atoms with Crippen LogP contribution in [-0.4, -0.2) is 46.6 Å². The second kappa shape index (κ2) is 7.78. The predicted molar refractivity (Wildman–Crippen MR) is 102 cm³/mol. The van der Waals surface area contributed by atoms with Crippen LogP contribution in [0, 0.1) is 0 Å². The normalized spacial score (nSPS) is 15.8. The molecule has 1 aliphatic carbocycles. The fraction of sp³-hybridized carbons (Fsp3) is 0.381. The van der Waals surface area contributed by atoms with Crippen molar-refractivity contribution in [3.63, 3.8) is 0 Å². The maximum atomic E-state index is 13.1. The van der Waals surface area contributed by atoms with E-state index in [-0.39, 0.29) is 5.91 Å². The lowest BCUT2D eigenvalue weighted by Crippen LogP contribution is -2.56. The van der Waals surface area contributed by atoms with E-state index >= 15 is 0 Å². The van der Waals surface area contributed by atoms with Crippen molar-refractivity contribution in [1.82, 2.24) is 9.88 Å². The molecule has 3 rings (SSSR count). The van der Waals surface area contributed by atoms with Crippen molar-refractivity contribution in [1.29, 1.82) is 0 Å². The highest BCUT2D eigenvalue weighted by Gasteiger charge is 2.45. The zero-order chi connectivity index (χ0) is 19.4. The lowest BCUT2D eigenvalue weighted by molar-refractivity contribution is -0.151. The molecule has 27 heavy (non-hydrogen) atoms. The summed E-state index contributed by atoms with van der Waals surface area (Å²) in [6.45, 7) is 0. The molecule has 1 N–H and O–H groups in total. The quantitative estimate of drug-likeness (QED) is 0.872. The molecule has 0 atom stereocenters. The van der Waals surface area contributed by atoms with Crippen LogP contribution in [0.25, 0.3) is 11.3 Å². The number of hydrogen-bond acceptors (Lipinski definition) is 4. The summed E-state index contributed by atoms with van der Waals surface area (Å²) in [6, 6.07) is 10.6. The maximum absolute atomic E-state index is 13.1. The summed E-state index contributed by atoms with van der Waals surface area (Å²) >= 11 is 0. The van der Waals surface area contributed by atoms with Gasteiger partial charge in [-0.2, -0.15) is 0 Å². The molecule has 2 aromatic rings. The van der Waals surface area contributed by atoms with Crippen LogP contribution in [-0.2, 0) is 4.79 Å². The Morgan fingerprint density at radius 2 is 1.89 bits per heavy atom. The fourth-order valence-corrected chi connectivity index (χ4v) is 3.78. The average molecular weight is 368 g/mol. The van der Waals surface area contributed by atoms with Crippen molar-refractivity contribution in [2.75, 3.05) is 14.2 Å². The van der Waals surface area contributed by atoms with E-state index in [0.717, 1.165) is 19.3 Å². The van der Waals surface area contributed by atoms with Crippen LogP contribution >= 0.6 is 0 Å². The first kappa shape index (κ1) is 18.9. The predicted octanol–water partition coefficient (Wildman–Crippen LogP) is 3.62. The summed E-state index contributed by atoms with van der Waals surface area (Å²) in [7, 11) is 3.16. The van der Waals surface area contributed by atoms with E-state index in [2.05, 4.69) is 4.98 Å². The van der Waals surface area contributed by atoms with E-state index in [1.54, 1.807) is 38.6 Å². The van der Waals surface area contributed by atoms with Gasteiger partial charge in [-0.1, -0.05) is 25.3 Å². The van der Waals surface area contributed by atoms with Crippen LogP contribution in [0.3, 0.4) is 0 Å². The Morgan fingerprint density at radius 3 is 2.48 bits per heavy atom. The topological polar surface area (TPSA) is 79.7 Å². The minimum absolute atomic E-state index is 0.306. The average Bonchev–Trinajstić information content (AvgIpc) is 2.73. The van der Waals surface area contributed by atoms with Gasteiger partial charge >= 0.3 is 5.97 Å². The van der Waals surface area contributed by atoms with Gasteiger partial charge in [0.1, 0.15) is 11.3 Å². The van der Waals surface area contributed by atoms with Crippen molar-refractivity contribution in [3.8, 4) is 17.0 Å². The van der Waals surface area contributed by atoms with E-state index in [0.29, 0.717) is 35.4 Å². The zero-order valence-corrected chi connectivity index (χ0v) is 15.6. The number of aromatic nitrogens is 1. The Labute approximate surface area is 158 Å². The smallest absolute Gasteiger partial charge is 0.329 e. The first-order valence-electron chi connectivity index (χ1n) is 9.10. The third-order valence-electron chi connectivity index (χ3n) is 5.41. The molecule has 1 aromatic heterocycles. The van der Waals surface area contributed by atoms with E-state index in [9.17, 15) is 14.7 Å². The van der Waals surface area contributed by atoms with Gasteiger partial charge in [0, 0.05) is 24.4 Å². The van der Waals surface area contributed by atoms with Gasteiger partial charge in [-0.15, -0.1) is 0 Å². The molecule has 0 spiro atoms. The first-order valence-corrected chi connectivity index (χ1v) is 9.10. The van der Waals surface area contributed by atoms with E-state index < -0.39 is 11.5 Å². The van der Waals surface area contributed by atoms with Crippen LogP contribution in [0.1, 0.15) is 42.5 Å². The Hall–Kier alpha value is -2.89. The molecule has 1 amide bonds. The largest absolute Gasteiger partial charge is 0.496 e.